The molecule has 2 N–H and O–H groups in total. The van der Waals surface area contributed by atoms with Gasteiger partial charge in [0.1, 0.15) is 24.3 Å². The van der Waals surface area contributed by atoms with Crippen molar-refractivity contribution in [3.05, 3.63) is 30.1 Å². The molecule has 1 aromatic carbocycles. The van der Waals surface area contributed by atoms with Gasteiger partial charge in [0, 0.05) is 18.5 Å². The Morgan fingerprint density at radius 1 is 1.36 bits per heavy atom. The molecule has 1 amide bonds. The number of nitrogens with one attached hydrogen (secondary N) is 1. The van der Waals surface area contributed by atoms with Gasteiger partial charge in [-0.05, 0) is 36.8 Å². The molecule has 3 rings (SSSR count). The largest absolute Gasteiger partial charge is 0.491 e. The summed E-state index contributed by atoms with van der Waals surface area (Å²) in [5.74, 6) is 1.33. The van der Waals surface area contributed by atoms with Crippen molar-refractivity contribution in [2.75, 3.05) is 13.2 Å². The summed E-state index contributed by atoms with van der Waals surface area (Å²) >= 11 is 0. The van der Waals surface area contributed by atoms with E-state index in [1.807, 2.05) is 0 Å². The zero-order chi connectivity index (χ0) is 15.5. The Morgan fingerprint density at radius 2 is 2.09 bits per heavy atom. The monoisotopic (exact) mass is 307 g/mol. The van der Waals surface area contributed by atoms with Crippen LogP contribution in [0, 0.1) is 23.6 Å². The van der Waals surface area contributed by atoms with Gasteiger partial charge in [0.15, 0.2) is 0 Å². The molecule has 0 aliphatic heterocycles. The van der Waals surface area contributed by atoms with Gasteiger partial charge in [-0.1, -0.05) is 18.9 Å². The maximum atomic E-state index is 13.0. The van der Waals surface area contributed by atoms with Crippen LogP contribution in [-0.4, -0.2) is 30.3 Å². The van der Waals surface area contributed by atoms with E-state index in [-0.39, 0.29) is 30.8 Å². The second-order valence-corrected chi connectivity index (χ2v) is 6.31. The van der Waals surface area contributed by atoms with Gasteiger partial charge >= 0.3 is 0 Å². The summed E-state index contributed by atoms with van der Waals surface area (Å²) in [7, 11) is 0. The zero-order valence-corrected chi connectivity index (χ0v) is 12.5. The van der Waals surface area contributed by atoms with E-state index in [0.29, 0.717) is 17.6 Å². The van der Waals surface area contributed by atoms with Gasteiger partial charge < -0.3 is 15.2 Å². The van der Waals surface area contributed by atoms with Crippen molar-refractivity contribution in [2.24, 2.45) is 17.8 Å². The highest BCUT2D eigenvalue weighted by molar-refractivity contribution is 5.82. The third-order valence-corrected chi connectivity index (χ3v) is 4.71. The Hall–Kier alpha value is -1.62. The first-order valence-electron chi connectivity index (χ1n) is 7.99. The number of hydrogen-bond acceptors (Lipinski definition) is 3. The maximum Gasteiger partial charge on any atom is 0.223 e. The van der Waals surface area contributed by atoms with Crippen LogP contribution in [0.25, 0.3) is 0 Å². The third kappa shape index (κ3) is 3.58. The first kappa shape index (κ1) is 15.3. The van der Waals surface area contributed by atoms with E-state index in [1.54, 1.807) is 12.1 Å². The number of fused-ring (bicyclic) bond motifs is 1. The van der Waals surface area contributed by atoms with E-state index in [4.69, 9.17) is 4.74 Å². The van der Waals surface area contributed by atoms with Gasteiger partial charge in [0.25, 0.3) is 0 Å². The molecule has 120 valence electrons. The lowest BCUT2D eigenvalue weighted by molar-refractivity contribution is -0.123. The van der Waals surface area contributed by atoms with Crippen molar-refractivity contribution in [3.63, 3.8) is 0 Å². The predicted molar refractivity (Wildman–Crippen MR) is 79.8 cm³/mol. The van der Waals surface area contributed by atoms with E-state index in [1.165, 1.54) is 25.0 Å². The number of halogens is 1. The van der Waals surface area contributed by atoms with Crippen molar-refractivity contribution in [1.82, 2.24) is 5.32 Å². The fourth-order valence-electron chi connectivity index (χ4n) is 3.53. The molecule has 4 nitrogen and oxygen atoms in total. The van der Waals surface area contributed by atoms with E-state index in [9.17, 15) is 14.3 Å². The number of amides is 1. The van der Waals surface area contributed by atoms with Crippen LogP contribution >= 0.6 is 0 Å². The van der Waals surface area contributed by atoms with Crippen LogP contribution in [0.4, 0.5) is 4.39 Å². The molecule has 0 heterocycles. The molecule has 2 aliphatic rings. The number of rotatable bonds is 6. The average Bonchev–Trinajstić information content (AvgIpc) is 3.25. The van der Waals surface area contributed by atoms with Crippen molar-refractivity contribution in [2.45, 2.75) is 31.8 Å². The number of carbonyl (C=O) groups excluding carboxylic acids is 1. The quantitative estimate of drug-likeness (QED) is 0.846. The lowest BCUT2D eigenvalue weighted by atomic mass is 10.0. The van der Waals surface area contributed by atoms with Crippen LogP contribution in [0.2, 0.25) is 0 Å². The molecule has 2 fully saturated rings. The first-order valence-corrected chi connectivity index (χ1v) is 7.99. The number of ether oxygens (including phenoxy) is 1. The number of hydrogen-bond donors (Lipinski definition) is 2. The highest BCUT2D eigenvalue weighted by Gasteiger charge is 2.54. The van der Waals surface area contributed by atoms with Crippen molar-refractivity contribution < 1.29 is 19.0 Å². The fourth-order valence-corrected chi connectivity index (χ4v) is 3.53. The molecule has 0 aromatic heterocycles. The summed E-state index contributed by atoms with van der Waals surface area (Å²) in [6.07, 6.45) is 3.99. The molecular formula is C17H22FNO3. The molecule has 1 unspecified atom stereocenters. The first-order chi connectivity index (χ1) is 10.6. The smallest absolute Gasteiger partial charge is 0.223 e. The molecule has 0 spiro atoms. The summed E-state index contributed by atoms with van der Waals surface area (Å²) < 4.78 is 18.3. The minimum atomic E-state index is -0.798. The van der Waals surface area contributed by atoms with E-state index in [0.717, 1.165) is 12.8 Å². The van der Waals surface area contributed by atoms with Gasteiger partial charge in [-0.2, -0.15) is 0 Å². The molecular weight excluding hydrogens is 285 g/mol. The Balaban J connectivity index is 1.37. The van der Waals surface area contributed by atoms with Crippen molar-refractivity contribution in [1.29, 1.82) is 0 Å². The molecule has 1 aromatic rings. The number of benzene rings is 1. The lowest BCUT2D eigenvalue weighted by Crippen LogP contribution is -2.36. The van der Waals surface area contributed by atoms with Crippen LogP contribution in [0.1, 0.15) is 25.7 Å². The average molecular weight is 307 g/mol. The number of aliphatic hydroxyl groups excluding tert-OH is 1. The standard InChI is InChI=1S/C17H22FNO3/c18-11-4-3-5-13(8-11)22-10-12(20)9-19-17(21)16-14-6-1-2-7-15(14)16/h3-5,8,12,14-16,20H,1-2,6-7,9-10H2,(H,19,21)/t12-,14-,15+,16?/m0/s1. The highest BCUT2D eigenvalue weighted by Crippen LogP contribution is 2.55. The molecule has 4 atom stereocenters. The molecule has 22 heavy (non-hydrogen) atoms. The molecule has 0 bridgehead atoms. The van der Waals surface area contributed by atoms with Crippen LogP contribution in [0.3, 0.4) is 0 Å². The van der Waals surface area contributed by atoms with Gasteiger partial charge in [0.05, 0.1) is 0 Å². The van der Waals surface area contributed by atoms with Crippen LogP contribution in [0.5, 0.6) is 5.75 Å². The van der Waals surface area contributed by atoms with Crippen LogP contribution < -0.4 is 10.1 Å². The topological polar surface area (TPSA) is 58.6 Å². The third-order valence-electron chi connectivity index (χ3n) is 4.71. The minimum Gasteiger partial charge on any atom is -0.491 e. The Bertz CT molecular complexity index is 524. The Kier molecular flexibility index (Phi) is 4.62. The van der Waals surface area contributed by atoms with Gasteiger partial charge in [-0.15, -0.1) is 0 Å². The van der Waals surface area contributed by atoms with Crippen molar-refractivity contribution >= 4 is 5.91 Å². The number of aliphatic hydroxyl groups is 1. The predicted octanol–water partition coefficient (Wildman–Crippen LogP) is 2.12. The molecule has 2 saturated carbocycles. The van der Waals surface area contributed by atoms with Gasteiger partial charge in [-0.25, -0.2) is 4.39 Å². The molecule has 0 saturated heterocycles. The molecule has 2 aliphatic carbocycles. The molecule has 5 heteroatoms. The van der Waals surface area contributed by atoms with Gasteiger partial charge in [0.2, 0.25) is 5.91 Å². The normalized spacial score (nSPS) is 27.6. The highest BCUT2D eigenvalue weighted by atomic mass is 19.1. The minimum absolute atomic E-state index is 0.0290. The summed E-state index contributed by atoms with van der Waals surface area (Å²) in [5.41, 5.74) is 0. The fraction of sp³-hybridized carbons (Fsp3) is 0.588. The summed E-state index contributed by atoms with van der Waals surface area (Å²) in [5, 5.41) is 12.7. The zero-order valence-electron chi connectivity index (χ0n) is 12.5. The number of carbonyl (C=O) groups is 1. The second-order valence-electron chi connectivity index (χ2n) is 6.31. The van der Waals surface area contributed by atoms with E-state index < -0.39 is 6.10 Å². The maximum absolute atomic E-state index is 13.0. The summed E-state index contributed by atoms with van der Waals surface area (Å²) in [6.45, 7) is 0.200. The van der Waals surface area contributed by atoms with Crippen LogP contribution in [0.15, 0.2) is 24.3 Å². The van der Waals surface area contributed by atoms with E-state index in [2.05, 4.69) is 5.32 Å². The SMILES string of the molecule is O=C(NC[C@H](O)COc1cccc(F)c1)C1[C@H]2CCCC[C@@H]12. The van der Waals surface area contributed by atoms with Crippen molar-refractivity contribution in [3.8, 4) is 5.75 Å². The molecule has 0 radical (unpaired) electrons. The Labute approximate surface area is 129 Å². The van der Waals surface area contributed by atoms with Gasteiger partial charge in [-0.3, -0.25) is 4.79 Å². The summed E-state index contributed by atoms with van der Waals surface area (Å²) in [4.78, 5) is 12.1. The lowest BCUT2D eigenvalue weighted by Gasteiger charge is -2.13. The van der Waals surface area contributed by atoms with Crippen LogP contribution in [-0.2, 0) is 4.79 Å². The summed E-state index contributed by atoms with van der Waals surface area (Å²) in [6, 6.07) is 5.77. The van der Waals surface area contributed by atoms with E-state index >= 15 is 0 Å². The second kappa shape index (κ2) is 6.65. The Morgan fingerprint density at radius 3 is 2.77 bits per heavy atom.